The van der Waals surface area contributed by atoms with Crippen molar-refractivity contribution in [2.75, 3.05) is 0 Å². The van der Waals surface area contributed by atoms with Crippen LogP contribution in [0.25, 0.3) is 0 Å². The van der Waals surface area contributed by atoms with Crippen molar-refractivity contribution >= 4 is 30.1 Å². The molecule has 2 N–H and O–H groups in total. The summed E-state index contributed by atoms with van der Waals surface area (Å²) in [7, 11) is 0. The van der Waals surface area contributed by atoms with Crippen molar-refractivity contribution in [1.82, 2.24) is 9.62 Å². The molecule has 7 heteroatoms. The molecule has 1 heterocycles. The summed E-state index contributed by atoms with van der Waals surface area (Å²) in [5.74, 6) is -1.36. The van der Waals surface area contributed by atoms with Crippen molar-refractivity contribution in [2.24, 2.45) is 0 Å². The van der Waals surface area contributed by atoms with Gasteiger partial charge in [-0.2, -0.15) is 4.31 Å². The van der Waals surface area contributed by atoms with Crippen molar-refractivity contribution < 1.29 is 18.9 Å². The second kappa shape index (κ2) is 2.89. The SMILES string of the molecule is O=C1CC(=O)N(SO)C(=O)N1. The zero-order valence-electron chi connectivity index (χ0n) is 5.23. The van der Waals surface area contributed by atoms with Crippen LogP contribution in [-0.2, 0) is 9.59 Å². The summed E-state index contributed by atoms with van der Waals surface area (Å²) in [6, 6.07) is -0.904. The minimum atomic E-state index is -0.904. The van der Waals surface area contributed by atoms with Crippen molar-refractivity contribution in [1.29, 1.82) is 0 Å². The lowest BCUT2D eigenvalue weighted by atomic mass is 10.3. The summed E-state index contributed by atoms with van der Waals surface area (Å²) in [5, 5.41) is 1.86. The van der Waals surface area contributed by atoms with Gasteiger partial charge in [0, 0.05) is 0 Å². The number of rotatable bonds is 1. The van der Waals surface area contributed by atoms with Crippen molar-refractivity contribution in [3.05, 3.63) is 0 Å². The lowest BCUT2D eigenvalue weighted by molar-refractivity contribution is -0.132. The molecule has 0 radical (unpaired) electrons. The van der Waals surface area contributed by atoms with Crippen LogP contribution in [0.1, 0.15) is 6.42 Å². The number of carbonyl (C=O) groups excluding carboxylic acids is 3. The number of imide groups is 2. The molecule has 60 valence electrons. The number of carbonyl (C=O) groups is 3. The van der Waals surface area contributed by atoms with Gasteiger partial charge in [-0.3, -0.25) is 14.9 Å². The Morgan fingerprint density at radius 2 is 2.09 bits per heavy atom. The smallest absolute Gasteiger partial charge is 0.312 e. The molecule has 4 amide bonds. The van der Waals surface area contributed by atoms with Gasteiger partial charge >= 0.3 is 6.03 Å². The van der Waals surface area contributed by atoms with Crippen molar-refractivity contribution in [3.8, 4) is 0 Å². The molecule has 1 aliphatic rings. The van der Waals surface area contributed by atoms with Crippen LogP contribution in [0.5, 0.6) is 0 Å². The maximum atomic E-state index is 10.7. The minimum Gasteiger partial charge on any atom is -0.312 e. The van der Waals surface area contributed by atoms with Crippen LogP contribution in [0, 0.1) is 0 Å². The molecule has 6 nitrogen and oxygen atoms in total. The maximum absolute atomic E-state index is 10.7. The number of hydrogen-bond acceptors (Lipinski definition) is 5. The molecule has 0 aromatic heterocycles. The number of nitrogens with one attached hydrogen (secondary N) is 1. The van der Waals surface area contributed by atoms with Crippen LogP contribution >= 0.6 is 12.2 Å². The van der Waals surface area contributed by atoms with Gasteiger partial charge in [-0.15, -0.1) is 0 Å². The Balaban J connectivity index is 2.74. The maximum Gasteiger partial charge on any atom is 0.342 e. The first-order chi connectivity index (χ1) is 5.15. The first-order valence-corrected chi connectivity index (χ1v) is 3.36. The Hall–Kier alpha value is -1.08. The van der Waals surface area contributed by atoms with Gasteiger partial charge in [-0.1, -0.05) is 0 Å². The van der Waals surface area contributed by atoms with Crippen LogP contribution in [-0.4, -0.2) is 26.7 Å². The van der Waals surface area contributed by atoms with E-state index in [0.29, 0.717) is 4.31 Å². The number of barbiturate groups is 1. The molecule has 0 aromatic rings. The highest BCUT2D eigenvalue weighted by Crippen LogP contribution is 2.10. The molecule has 1 rings (SSSR count). The fourth-order valence-electron chi connectivity index (χ4n) is 0.619. The van der Waals surface area contributed by atoms with E-state index < -0.39 is 24.3 Å². The fourth-order valence-corrected chi connectivity index (χ4v) is 0.895. The summed E-state index contributed by atoms with van der Waals surface area (Å²) in [4.78, 5) is 31.8. The highest BCUT2D eigenvalue weighted by atomic mass is 32.2. The van der Waals surface area contributed by atoms with Crippen molar-refractivity contribution in [2.45, 2.75) is 6.42 Å². The molecular formula is C4H4N2O4S. The van der Waals surface area contributed by atoms with E-state index in [1.165, 1.54) is 0 Å². The lowest BCUT2D eigenvalue weighted by Crippen LogP contribution is -2.49. The van der Waals surface area contributed by atoms with E-state index in [-0.39, 0.29) is 12.2 Å². The molecule has 1 aliphatic heterocycles. The third-order valence-electron chi connectivity index (χ3n) is 1.05. The van der Waals surface area contributed by atoms with E-state index >= 15 is 0 Å². The van der Waals surface area contributed by atoms with E-state index in [4.69, 9.17) is 4.55 Å². The molecule has 0 aliphatic carbocycles. The standard InChI is InChI=1S/C4H4N2O4S/c7-2-1-3(8)6(11-10)4(9)5-2/h10H,1H2,(H,5,7,9). The summed E-state index contributed by atoms with van der Waals surface area (Å²) in [6.45, 7) is 0. The average Bonchev–Trinajstić information content (AvgIpc) is 1.85. The van der Waals surface area contributed by atoms with Gasteiger partial charge in [-0.05, 0) is 0 Å². The third kappa shape index (κ3) is 1.49. The van der Waals surface area contributed by atoms with E-state index in [0.717, 1.165) is 0 Å². The number of hydrogen-bond donors (Lipinski definition) is 2. The highest BCUT2D eigenvalue weighted by Gasteiger charge is 2.31. The van der Waals surface area contributed by atoms with Gasteiger partial charge in [-0.25, -0.2) is 4.79 Å². The quantitative estimate of drug-likeness (QED) is 0.322. The molecule has 11 heavy (non-hydrogen) atoms. The highest BCUT2D eigenvalue weighted by molar-refractivity contribution is 7.92. The zero-order chi connectivity index (χ0) is 8.43. The monoisotopic (exact) mass is 176 g/mol. The minimum absolute atomic E-state index is 0.0165. The van der Waals surface area contributed by atoms with E-state index in [1.807, 2.05) is 5.32 Å². The first-order valence-electron chi connectivity index (χ1n) is 2.63. The van der Waals surface area contributed by atoms with Crippen LogP contribution in [0.4, 0.5) is 4.79 Å². The Labute approximate surface area is 65.9 Å². The molecule has 0 bridgehead atoms. The average molecular weight is 176 g/mol. The van der Waals surface area contributed by atoms with Gasteiger partial charge in [0.05, 0.1) is 0 Å². The lowest BCUT2D eigenvalue weighted by Gasteiger charge is -2.19. The summed E-state index contributed by atoms with van der Waals surface area (Å²) in [5.41, 5.74) is 0. The largest absolute Gasteiger partial charge is 0.342 e. The van der Waals surface area contributed by atoms with Gasteiger partial charge in [0.2, 0.25) is 5.91 Å². The van der Waals surface area contributed by atoms with E-state index in [9.17, 15) is 14.4 Å². The van der Waals surface area contributed by atoms with Crippen LogP contribution in [0.15, 0.2) is 0 Å². The molecule has 1 fully saturated rings. The Morgan fingerprint density at radius 1 is 1.45 bits per heavy atom. The molecule has 0 unspecified atom stereocenters. The molecule has 0 saturated carbocycles. The Bertz CT molecular complexity index is 208. The van der Waals surface area contributed by atoms with Crippen molar-refractivity contribution in [3.63, 3.8) is 0 Å². The van der Waals surface area contributed by atoms with Gasteiger partial charge in [0.1, 0.15) is 18.6 Å². The summed E-state index contributed by atoms with van der Waals surface area (Å²) >= 11 is -0.0165. The Kier molecular flexibility index (Phi) is 2.11. The molecule has 0 atom stereocenters. The van der Waals surface area contributed by atoms with Crippen LogP contribution in [0.3, 0.4) is 0 Å². The molecule has 0 aromatic carbocycles. The third-order valence-corrected chi connectivity index (χ3v) is 1.58. The number of nitrogens with zero attached hydrogens (tertiary/aromatic N) is 1. The van der Waals surface area contributed by atoms with Crippen LogP contribution < -0.4 is 5.32 Å². The molecular weight excluding hydrogens is 172 g/mol. The zero-order valence-corrected chi connectivity index (χ0v) is 6.05. The summed E-state index contributed by atoms with van der Waals surface area (Å²) in [6.07, 6.45) is -0.403. The topological polar surface area (TPSA) is 86.7 Å². The predicted molar refractivity (Wildman–Crippen MR) is 35.2 cm³/mol. The van der Waals surface area contributed by atoms with E-state index in [2.05, 4.69) is 0 Å². The Morgan fingerprint density at radius 3 is 2.55 bits per heavy atom. The second-order valence-corrected chi connectivity index (χ2v) is 2.33. The van der Waals surface area contributed by atoms with Gasteiger partial charge < -0.3 is 4.55 Å². The molecule has 1 saturated heterocycles. The fraction of sp³-hybridized carbons (Fsp3) is 0.250. The van der Waals surface area contributed by atoms with E-state index in [1.54, 1.807) is 0 Å². The predicted octanol–water partition coefficient (Wildman–Crippen LogP) is -0.424. The van der Waals surface area contributed by atoms with Gasteiger partial charge in [0.15, 0.2) is 0 Å². The second-order valence-electron chi connectivity index (χ2n) is 1.80. The molecule has 0 spiro atoms. The van der Waals surface area contributed by atoms with Crippen LogP contribution in [0.2, 0.25) is 0 Å². The normalized spacial score (nSPS) is 18.6. The number of urea groups is 1. The first kappa shape index (κ1) is 8.02. The van der Waals surface area contributed by atoms with Gasteiger partial charge in [0.25, 0.3) is 5.91 Å². The summed E-state index contributed by atoms with van der Waals surface area (Å²) < 4.78 is 8.84. The number of amides is 4.